The number of sulfone groups is 1. The van der Waals surface area contributed by atoms with E-state index in [1.807, 2.05) is 0 Å². The predicted octanol–water partition coefficient (Wildman–Crippen LogP) is 1.38. The van der Waals surface area contributed by atoms with Gasteiger partial charge in [0.05, 0.1) is 12.9 Å². The van der Waals surface area contributed by atoms with Crippen molar-refractivity contribution in [1.29, 1.82) is 0 Å². The van der Waals surface area contributed by atoms with Crippen LogP contribution in [0.1, 0.15) is 20.7 Å². The van der Waals surface area contributed by atoms with E-state index in [-0.39, 0.29) is 28.5 Å². The molecular formula is C20H19N5O5S. The number of carbonyl (C=O) groups excluding carboxylic acids is 2. The lowest BCUT2D eigenvalue weighted by Crippen LogP contribution is -2.24. The fraction of sp³-hybridized carbons (Fsp3) is 0.100. The normalized spacial score (nSPS) is 11.0. The molecule has 0 radical (unpaired) electrons. The SMILES string of the molecule is CS(=O)(=O)c1cc(C(=O)N=C(N)N)ccc1Oc1ccc(C(=O)Cn2ccnc2)cc1. The van der Waals surface area contributed by atoms with Gasteiger partial charge in [-0.2, -0.15) is 4.99 Å². The van der Waals surface area contributed by atoms with E-state index in [1.165, 1.54) is 12.1 Å². The Kier molecular flexibility index (Phi) is 6.16. The lowest BCUT2D eigenvalue weighted by Gasteiger charge is -2.11. The van der Waals surface area contributed by atoms with Gasteiger partial charge in [-0.1, -0.05) is 0 Å². The van der Waals surface area contributed by atoms with Crippen LogP contribution in [-0.2, 0) is 16.4 Å². The minimum Gasteiger partial charge on any atom is -0.456 e. The van der Waals surface area contributed by atoms with Crippen molar-refractivity contribution in [3.05, 3.63) is 72.3 Å². The largest absolute Gasteiger partial charge is 0.456 e. The predicted molar refractivity (Wildman–Crippen MR) is 113 cm³/mol. The van der Waals surface area contributed by atoms with Crippen molar-refractivity contribution >= 4 is 27.5 Å². The number of ether oxygens (including phenoxy) is 1. The summed E-state index contributed by atoms with van der Waals surface area (Å²) in [6.45, 7) is 0.143. The number of benzene rings is 2. The zero-order valence-corrected chi connectivity index (χ0v) is 17.2. The molecule has 0 saturated carbocycles. The number of amides is 1. The van der Waals surface area contributed by atoms with Crippen LogP contribution in [0, 0.1) is 0 Å². The Bertz CT molecular complexity index is 1250. The highest BCUT2D eigenvalue weighted by Crippen LogP contribution is 2.30. The standard InChI is InChI=1S/C20H19N5O5S/c1-31(28,29)18-10-14(19(27)24-20(21)22)4-7-17(18)30-15-5-2-13(3-6-15)16(26)11-25-9-8-23-12-25/h2-10,12H,11H2,1H3,(H4,21,22,24,27). The molecule has 1 heterocycles. The van der Waals surface area contributed by atoms with Crippen LogP contribution in [0.2, 0.25) is 0 Å². The number of Topliss-reactive ketones (excluding diaryl/α,β-unsaturated/α-hetero) is 1. The van der Waals surface area contributed by atoms with E-state index >= 15 is 0 Å². The first kappa shape index (κ1) is 21.7. The molecule has 1 amide bonds. The van der Waals surface area contributed by atoms with Gasteiger partial charge in [-0.3, -0.25) is 9.59 Å². The van der Waals surface area contributed by atoms with Crippen molar-refractivity contribution in [3.63, 3.8) is 0 Å². The lowest BCUT2D eigenvalue weighted by molar-refractivity contribution is 0.0970. The van der Waals surface area contributed by atoms with Crippen molar-refractivity contribution in [2.45, 2.75) is 11.4 Å². The summed E-state index contributed by atoms with van der Waals surface area (Å²) < 4.78 is 31.8. The summed E-state index contributed by atoms with van der Waals surface area (Å²) in [7, 11) is -3.74. The summed E-state index contributed by atoms with van der Waals surface area (Å²) in [5.74, 6) is -1.01. The molecule has 3 rings (SSSR count). The number of aliphatic imine (C=N–C) groups is 1. The second-order valence-corrected chi connectivity index (χ2v) is 8.54. The lowest BCUT2D eigenvalue weighted by atomic mass is 10.1. The summed E-state index contributed by atoms with van der Waals surface area (Å²) in [6, 6.07) is 10.1. The number of guanidine groups is 1. The third kappa shape index (κ3) is 5.54. The van der Waals surface area contributed by atoms with E-state index in [2.05, 4.69) is 9.98 Å². The van der Waals surface area contributed by atoms with Gasteiger partial charge in [0.15, 0.2) is 21.6 Å². The smallest absolute Gasteiger partial charge is 0.280 e. The van der Waals surface area contributed by atoms with Crippen LogP contribution in [0.4, 0.5) is 0 Å². The summed E-state index contributed by atoms with van der Waals surface area (Å²) in [5, 5.41) is 0. The van der Waals surface area contributed by atoms with E-state index in [9.17, 15) is 18.0 Å². The Morgan fingerprint density at radius 1 is 1.10 bits per heavy atom. The Morgan fingerprint density at radius 3 is 2.35 bits per heavy atom. The molecular weight excluding hydrogens is 422 g/mol. The third-order valence-electron chi connectivity index (χ3n) is 4.11. The van der Waals surface area contributed by atoms with Crippen LogP contribution in [0.15, 0.2) is 71.1 Å². The maximum absolute atomic E-state index is 12.3. The molecule has 160 valence electrons. The molecule has 0 bridgehead atoms. The molecule has 0 fully saturated rings. The quantitative estimate of drug-likeness (QED) is 0.316. The van der Waals surface area contributed by atoms with Crippen LogP contribution in [0.25, 0.3) is 0 Å². The highest BCUT2D eigenvalue weighted by atomic mass is 32.2. The molecule has 0 saturated heterocycles. The van der Waals surface area contributed by atoms with Gasteiger partial charge in [-0.15, -0.1) is 0 Å². The average Bonchev–Trinajstić information content (AvgIpc) is 3.20. The third-order valence-corrected chi connectivity index (χ3v) is 5.23. The molecule has 0 unspecified atom stereocenters. The van der Waals surface area contributed by atoms with Gasteiger partial charge in [0, 0.05) is 29.8 Å². The Morgan fingerprint density at radius 2 is 1.77 bits per heavy atom. The second-order valence-electron chi connectivity index (χ2n) is 6.56. The first-order valence-electron chi connectivity index (χ1n) is 8.88. The topological polar surface area (TPSA) is 160 Å². The molecule has 1 aromatic heterocycles. The first-order chi connectivity index (χ1) is 14.6. The number of aromatic nitrogens is 2. The number of hydrogen-bond donors (Lipinski definition) is 2. The molecule has 0 aliphatic carbocycles. The summed E-state index contributed by atoms with van der Waals surface area (Å²) in [4.78, 5) is 31.4. The van der Waals surface area contributed by atoms with Gasteiger partial charge in [0.25, 0.3) is 5.91 Å². The number of nitrogens with zero attached hydrogens (tertiary/aromatic N) is 3. The zero-order valence-electron chi connectivity index (χ0n) is 16.4. The molecule has 0 aliphatic rings. The van der Waals surface area contributed by atoms with Crippen LogP contribution in [-0.4, -0.2) is 41.9 Å². The van der Waals surface area contributed by atoms with Crippen LogP contribution < -0.4 is 16.2 Å². The van der Waals surface area contributed by atoms with Crippen molar-refractivity contribution < 1.29 is 22.7 Å². The number of ketones is 1. The summed E-state index contributed by atoms with van der Waals surface area (Å²) in [5.41, 5.74) is 10.8. The molecule has 2 aromatic carbocycles. The Labute approximate surface area is 178 Å². The van der Waals surface area contributed by atoms with Crippen molar-refractivity contribution in [3.8, 4) is 11.5 Å². The van der Waals surface area contributed by atoms with E-state index in [0.717, 1.165) is 12.3 Å². The molecule has 4 N–H and O–H groups in total. The molecule has 31 heavy (non-hydrogen) atoms. The Balaban J connectivity index is 1.83. The monoisotopic (exact) mass is 441 g/mol. The minimum atomic E-state index is -3.74. The van der Waals surface area contributed by atoms with Crippen LogP contribution in [0.3, 0.4) is 0 Å². The van der Waals surface area contributed by atoms with Crippen LogP contribution in [0.5, 0.6) is 11.5 Å². The molecule has 3 aromatic rings. The number of nitrogens with two attached hydrogens (primary N) is 2. The fourth-order valence-corrected chi connectivity index (χ4v) is 3.49. The van der Waals surface area contributed by atoms with Crippen molar-refractivity contribution in [1.82, 2.24) is 9.55 Å². The first-order valence-corrected chi connectivity index (χ1v) is 10.8. The van der Waals surface area contributed by atoms with Crippen molar-refractivity contribution in [2.75, 3.05) is 6.26 Å². The van der Waals surface area contributed by atoms with Gasteiger partial charge >= 0.3 is 0 Å². The highest BCUT2D eigenvalue weighted by Gasteiger charge is 2.19. The minimum absolute atomic E-state index is 0.0124. The van der Waals surface area contributed by atoms with Gasteiger partial charge in [-0.05, 0) is 42.5 Å². The summed E-state index contributed by atoms with van der Waals surface area (Å²) in [6.07, 6.45) is 5.80. The van der Waals surface area contributed by atoms with Gasteiger partial charge in [0.1, 0.15) is 16.4 Å². The van der Waals surface area contributed by atoms with Gasteiger partial charge in [-0.25, -0.2) is 13.4 Å². The molecule has 0 spiro atoms. The number of carbonyl (C=O) groups is 2. The summed E-state index contributed by atoms with van der Waals surface area (Å²) >= 11 is 0. The number of rotatable bonds is 7. The molecule has 0 atom stereocenters. The maximum Gasteiger partial charge on any atom is 0.280 e. The van der Waals surface area contributed by atoms with E-state index in [4.69, 9.17) is 16.2 Å². The van der Waals surface area contributed by atoms with Gasteiger partial charge in [0.2, 0.25) is 0 Å². The second kappa shape index (κ2) is 8.79. The molecule has 10 nitrogen and oxygen atoms in total. The van der Waals surface area contributed by atoms with E-state index in [0.29, 0.717) is 11.3 Å². The molecule has 0 aliphatic heterocycles. The van der Waals surface area contributed by atoms with Gasteiger partial charge < -0.3 is 20.8 Å². The zero-order chi connectivity index (χ0) is 22.6. The highest BCUT2D eigenvalue weighted by molar-refractivity contribution is 7.90. The number of hydrogen-bond acceptors (Lipinski definition) is 6. The van der Waals surface area contributed by atoms with E-state index < -0.39 is 21.7 Å². The Hall–Kier alpha value is -3.99. The molecule has 11 heteroatoms. The van der Waals surface area contributed by atoms with Crippen LogP contribution >= 0.6 is 0 Å². The van der Waals surface area contributed by atoms with E-state index in [1.54, 1.807) is 47.6 Å². The maximum atomic E-state index is 12.3. The fourth-order valence-electron chi connectivity index (χ4n) is 2.67. The average molecular weight is 441 g/mol. The number of imidazole rings is 1. The van der Waals surface area contributed by atoms with Crippen molar-refractivity contribution in [2.24, 2.45) is 16.5 Å².